The van der Waals surface area contributed by atoms with Crippen LogP contribution in [0.3, 0.4) is 0 Å². The molecule has 5 heteroatoms. The van der Waals surface area contributed by atoms with Gasteiger partial charge in [0.05, 0.1) is 15.2 Å². The van der Waals surface area contributed by atoms with E-state index in [0.717, 1.165) is 16.2 Å². The highest BCUT2D eigenvalue weighted by atomic mass is 79.9. The van der Waals surface area contributed by atoms with Gasteiger partial charge in [-0.3, -0.25) is 0 Å². The lowest BCUT2D eigenvalue weighted by Gasteiger charge is -2.06. The molecule has 0 aliphatic carbocycles. The molecule has 0 amide bonds. The van der Waals surface area contributed by atoms with Gasteiger partial charge in [-0.2, -0.15) is 0 Å². The number of carboxylic acid groups (broad SMARTS) is 1. The van der Waals surface area contributed by atoms with Crippen molar-refractivity contribution < 1.29 is 9.90 Å². The van der Waals surface area contributed by atoms with E-state index in [-0.39, 0.29) is 0 Å². The van der Waals surface area contributed by atoms with Gasteiger partial charge in [0, 0.05) is 12.6 Å². The van der Waals surface area contributed by atoms with Crippen LogP contribution in [0.5, 0.6) is 0 Å². The summed E-state index contributed by atoms with van der Waals surface area (Å²) in [5.41, 5.74) is 0.831. The molecule has 0 atom stereocenters. The number of hydrogen-bond donors (Lipinski definition) is 2. The average Bonchev–Trinajstić information content (AvgIpc) is 2.18. The number of carbonyl (C=O) groups is 1. The maximum atomic E-state index is 10.2. The van der Waals surface area contributed by atoms with Crippen LogP contribution in [-0.4, -0.2) is 17.6 Å². The third-order valence-corrected chi connectivity index (χ3v) is 3.02. The fraction of sp³-hybridized carbons (Fsp3) is 0.100. The minimum atomic E-state index is -0.957. The zero-order valence-electron chi connectivity index (χ0n) is 7.71. The number of anilines is 1. The molecule has 0 saturated carbocycles. The molecule has 1 aromatic rings. The number of benzene rings is 1. The first kappa shape index (κ1) is 12.1. The molecule has 0 saturated heterocycles. The zero-order chi connectivity index (χ0) is 11.3. The Kier molecular flexibility index (Phi) is 4.65. The first-order valence-corrected chi connectivity index (χ1v) is 5.35. The molecule has 1 rings (SSSR count). The number of halogens is 2. The van der Waals surface area contributed by atoms with Crippen LogP contribution in [0.1, 0.15) is 0 Å². The fourth-order valence-electron chi connectivity index (χ4n) is 0.969. The lowest BCUT2D eigenvalue weighted by Crippen LogP contribution is -2.00. The van der Waals surface area contributed by atoms with Crippen LogP contribution in [0.4, 0.5) is 5.69 Å². The maximum Gasteiger partial charge on any atom is 0.328 e. The van der Waals surface area contributed by atoms with Gasteiger partial charge in [0.15, 0.2) is 0 Å². The summed E-state index contributed by atoms with van der Waals surface area (Å²) in [7, 11) is 0. The first-order valence-electron chi connectivity index (χ1n) is 4.18. The van der Waals surface area contributed by atoms with E-state index in [1.54, 1.807) is 6.07 Å². The molecule has 0 aromatic heterocycles. The lowest BCUT2D eigenvalue weighted by atomic mass is 10.3. The summed E-state index contributed by atoms with van der Waals surface area (Å²) in [5, 5.41) is 12.0. The van der Waals surface area contributed by atoms with E-state index in [2.05, 4.69) is 21.2 Å². The molecule has 0 aliphatic rings. The summed E-state index contributed by atoms with van der Waals surface area (Å²) in [6.45, 7) is 0.436. The Morgan fingerprint density at radius 2 is 2.33 bits per heavy atom. The van der Waals surface area contributed by atoms with E-state index in [1.807, 2.05) is 12.1 Å². The van der Waals surface area contributed by atoms with Crippen molar-refractivity contribution in [3.8, 4) is 0 Å². The quantitative estimate of drug-likeness (QED) is 0.838. The lowest BCUT2D eigenvalue weighted by molar-refractivity contribution is -0.131. The predicted molar refractivity (Wildman–Crippen MR) is 64.4 cm³/mol. The zero-order valence-corrected chi connectivity index (χ0v) is 10.0. The topological polar surface area (TPSA) is 49.3 Å². The molecule has 3 nitrogen and oxygen atoms in total. The molecule has 2 N–H and O–H groups in total. The Hall–Kier alpha value is -1.000. The van der Waals surface area contributed by atoms with Crippen molar-refractivity contribution in [1.82, 2.24) is 0 Å². The molecule has 1 aromatic carbocycles. The number of nitrogens with one attached hydrogen (secondary N) is 1. The molecule has 0 aliphatic heterocycles. The second-order valence-electron chi connectivity index (χ2n) is 2.72. The third-order valence-electron chi connectivity index (χ3n) is 1.62. The summed E-state index contributed by atoms with van der Waals surface area (Å²) < 4.78 is 0.774. The Labute approximate surface area is 101 Å². The molecule has 0 radical (unpaired) electrons. The predicted octanol–water partition coefficient (Wildman–Crippen LogP) is 3.16. The van der Waals surface area contributed by atoms with Crippen LogP contribution >= 0.6 is 27.5 Å². The Balaban J connectivity index is 2.58. The van der Waals surface area contributed by atoms with Gasteiger partial charge in [0.25, 0.3) is 0 Å². The van der Waals surface area contributed by atoms with Crippen LogP contribution in [0, 0.1) is 0 Å². The van der Waals surface area contributed by atoms with Crippen molar-refractivity contribution in [2.24, 2.45) is 0 Å². The smallest absolute Gasteiger partial charge is 0.328 e. The second-order valence-corrected chi connectivity index (χ2v) is 3.92. The van der Waals surface area contributed by atoms with Crippen molar-refractivity contribution in [3.05, 3.63) is 39.8 Å². The summed E-state index contributed by atoms with van der Waals surface area (Å²) in [6, 6.07) is 5.44. The molecular weight excluding hydrogens is 281 g/mol. The molecule has 80 valence electrons. The van der Waals surface area contributed by atoms with Crippen molar-refractivity contribution >= 4 is 39.2 Å². The highest BCUT2D eigenvalue weighted by molar-refractivity contribution is 9.10. The van der Waals surface area contributed by atoms with Gasteiger partial charge in [0.2, 0.25) is 0 Å². The van der Waals surface area contributed by atoms with E-state index in [1.165, 1.54) is 6.08 Å². The van der Waals surface area contributed by atoms with Crippen molar-refractivity contribution in [2.75, 3.05) is 11.9 Å². The number of carboxylic acids is 1. The molecule has 0 unspecified atom stereocenters. The van der Waals surface area contributed by atoms with Gasteiger partial charge in [0.1, 0.15) is 0 Å². The van der Waals surface area contributed by atoms with Crippen LogP contribution in [0.25, 0.3) is 0 Å². The monoisotopic (exact) mass is 289 g/mol. The summed E-state index contributed by atoms with van der Waals surface area (Å²) in [5.74, 6) is -0.957. The maximum absolute atomic E-state index is 10.2. The fourth-order valence-corrected chi connectivity index (χ4v) is 1.55. The standard InChI is InChI=1S/C10H9BrClNO2/c11-10-7(12)3-1-4-8(10)13-6-2-5-9(14)15/h1-5,13H,6H2,(H,14,15)/b5-2+. The van der Waals surface area contributed by atoms with Crippen LogP contribution < -0.4 is 5.32 Å². The Bertz CT molecular complexity index is 393. The number of hydrogen-bond acceptors (Lipinski definition) is 2. The molecule has 0 bridgehead atoms. The van der Waals surface area contributed by atoms with Gasteiger partial charge in [-0.1, -0.05) is 23.7 Å². The highest BCUT2D eigenvalue weighted by Gasteiger charge is 2.01. The Morgan fingerprint density at radius 3 is 3.00 bits per heavy atom. The molecule has 0 spiro atoms. The normalized spacial score (nSPS) is 10.5. The minimum absolute atomic E-state index is 0.436. The molecule has 0 heterocycles. The van der Waals surface area contributed by atoms with E-state index in [9.17, 15) is 4.79 Å². The van der Waals surface area contributed by atoms with E-state index in [0.29, 0.717) is 11.6 Å². The molecule has 15 heavy (non-hydrogen) atoms. The van der Waals surface area contributed by atoms with Gasteiger partial charge >= 0.3 is 5.97 Å². The second kappa shape index (κ2) is 5.78. The SMILES string of the molecule is O=C(O)/C=C/CNc1cccc(Cl)c1Br. The number of aliphatic carboxylic acids is 1. The van der Waals surface area contributed by atoms with E-state index in [4.69, 9.17) is 16.7 Å². The van der Waals surface area contributed by atoms with E-state index < -0.39 is 5.97 Å². The molecule has 0 fully saturated rings. The van der Waals surface area contributed by atoms with Crippen LogP contribution in [0.15, 0.2) is 34.8 Å². The van der Waals surface area contributed by atoms with Crippen LogP contribution in [0.2, 0.25) is 5.02 Å². The van der Waals surface area contributed by atoms with Gasteiger partial charge < -0.3 is 10.4 Å². The largest absolute Gasteiger partial charge is 0.478 e. The molecular formula is C10H9BrClNO2. The van der Waals surface area contributed by atoms with Crippen molar-refractivity contribution in [2.45, 2.75) is 0 Å². The minimum Gasteiger partial charge on any atom is -0.478 e. The third kappa shape index (κ3) is 3.93. The first-order chi connectivity index (χ1) is 7.11. The van der Waals surface area contributed by atoms with Crippen molar-refractivity contribution in [1.29, 1.82) is 0 Å². The van der Waals surface area contributed by atoms with Gasteiger partial charge in [-0.05, 0) is 28.1 Å². The van der Waals surface area contributed by atoms with Gasteiger partial charge in [-0.25, -0.2) is 4.79 Å². The summed E-state index contributed by atoms with van der Waals surface area (Å²) in [6.07, 6.45) is 2.61. The highest BCUT2D eigenvalue weighted by Crippen LogP contribution is 2.29. The number of rotatable bonds is 4. The summed E-state index contributed by atoms with van der Waals surface area (Å²) >= 11 is 9.20. The van der Waals surface area contributed by atoms with Crippen molar-refractivity contribution in [3.63, 3.8) is 0 Å². The van der Waals surface area contributed by atoms with Gasteiger partial charge in [-0.15, -0.1) is 0 Å². The van der Waals surface area contributed by atoms with E-state index >= 15 is 0 Å². The average molecular weight is 291 g/mol. The van der Waals surface area contributed by atoms with Crippen LogP contribution in [-0.2, 0) is 4.79 Å². The Morgan fingerprint density at radius 1 is 1.60 bits per heavy atom. The summed E-state index contributed by atoms with van der Waals surface area (Å²) in [4.78, 5) is 10.2.